The molecule has 1 aromatic carbocycles. The van der Waals surface area contributed by atoms with Gasteiger partial charge in [0.25, 0.3) is 5.91 Å². The van der Waals surface area contributed by atoms with E-state index in [2.05, 4.69) is 15.6 Å². The maximum Gasteiger partial charge on any atom is 0.341 e. The van der Waals surface area contributed by atoms with Gasteiger partial charge >= 0.3 is 5.97 Å². The minimum absolute atomic E-state index is 0.00714. The highest BCUT2D eigenvalue weighted by molar-refractivity contribution is 7.19. The zero-order valence-electron chi connectivity index (χ0n) is 18.4. The number of hydrogen-bond donors (Lipinski definition) is 2. The summed E-state index contributed by atoms with van der Waals surface area (Å²) in [5.41, 5.74) is 2.45. The summed E-state index contributed by atoms with van der Waals surface area (Å²) >= 11 is 6.92. The van der Waals surface area contributed by atoms with Crippen molar-refractivity contribution < 1.29 is 19.1 Å². The molecule has 0 aliphatic rings. The van der Waals surface area contributed by atoms with E-state index in [1.165, 1.54) is 0 Å². The zero-order valence-corrected chi connectivity index (χ0v) is 20.0. The number of amides is 2. The largest absolute Gasteiger partial charge is 0.462 e. The van der Waals surface area contributed by atoms with E-state index < -0.39 is 11.9 Å². The van der Waals surface area contributed by atoms with E-state index in [0.717, 1.165) is 17.0 Å². The number of esters is 1. The number of thiophene rings is 1. The summed E-state index contributed by atoms with van der Waals surface area (Å²) in [7, 11) is 0. The van der Waals surface area contributed by atoms with Crippen molar-refractivity contribution in [2.24, 2.45) is 0 Å². The average Bonchev–Trinajstić information content (AvgIpc) is 3.35. The first-order valence-electron chi connectivity index (χ1n) is 10.5. The molecule has 0 radical (unpaired) electrons. The van der Waals surface area contributed by atoms with Gasteiger partial charge in [-0.3, -0.25) is 9.59 Å². The van der Waals surface area contributed by atoms with Gasteiger partial charge in [-0.2, -0.15) is 0 Å². The van der Waals surface area contributed by atoms with Crippen LogP contribution in [-0.4, -0.2) is 33.8 Å². The summed E-state index contributed by atoms with van der Waals surface area (Å²) in [6.07, 6.45) is 3.62. The predicted octanol–water partition coefficient (Wildman–Crippen LogP) is 4.97. The molecule has 174 valence electrons. The van der Waals surface area contributed by atoms with Gasteiger partial charge in [0.2, 0.25) is 5.91 Å². The standard InChI is InChI=1S/C24H21ClN4O4S/c1-3-33-24(32)20-14(2)21(22(31)27-16-9-7-15(25)8-10-16)34-23(20)28-19(30)12-17-13-29-11-5-4-6-18(29)26-17/h4-11,13H,3,12H2,1-2H3,(H,27,31)(H,28,30). The number of fused-ring (bicyclic) bond motifs is 1. The van der Waals surface area contributed by atoms with Crippen molar-refractivity contribution in [3.8, 4) is 0 Å². The fourth-order valence-electron chi connectivity index (χ4n) is 3.40. The Balaban J connectivity index is 1.58. The Bertz CT molecular complexity index is 1340. The first kappa shape index (κ1) is 23.5. The highest BCUT2D eigenvalue weighted by atomic mass is 35.5. The fraction of sp³-hybridized carbons (Fsp3) is 0.167. The minimum atomic E-state index is -0.607. The number of carbonyl (C=O) groups is 3. The molecule has 0 spiro atoms. The third-order valence-electron chi connectivity index (χ3n) is 4.94. The van der Waals surface area contributed by atoms with Crippen molar-refractivity contribution in [1.29, 1.82) is 0 Å². The number of imidazole rings is 1. The molecule has 0 saturated carbocycles. The van der Waals surface area contributed by atoms with Crippen molar-refractivity contribution in [2.45, 2.75) is 20.3 Å². The van der Waals surface area contributed by atoms with Gasteiger partial charge in [0.1, 0.15) is 10.6 Å². The molecule has 0 atom stereocenters. The Hall–Kier alpha value is -3.69. The van der Waals surface area contributed by atoms with Crippen LogP contribution >= 0.6 is 22.9 Å². The topological polar surface area (TPSA) is 102 Å². The molecular formula is C24H21ClN4O4S. The number of ether oxygens (including phenoxy) is 1. The molecule has 4 rings (SSSR count). The fourth-order valence-corrected chi connectivity index (χ4v) is 4.63. The Morgan fingerprint density at radius 1 is 1.12 bits per heavy atom. The molecule has 2 amide bonds. The highest BCUT2D eigenvalue weighted by Gasteiger charge is 2.27. The number of aromatic nitrogens is 2. The summed E-state index contributed by atoms with van der Waals surface area (Å²) in [5, 5.41) is 6.35. The molecule has 8 nitrogen and oxygen atoms in total. The van der Waals surface area contributed by atoms with Gasteiger partial charge < -0.3 is 19.8 Å². The molecule has 34 heavy (non-hydrogen) atoms. The summed E-state index contributed by atoms with van der Waals surface area (Å²) in [6.45, 7) is 3.50. The molecule has 0 aliphatic heterocycles. The quantitative estimate of drug-likeness (QED) is 0.352. The normalized spacial score (nSPS) is 10.8. The van der Waals surface area contributed by atoms with Crippen LogP contribution in [0.1, 0.15) is 38.2 Å². The first-order valence-corrected chi connectivity index (χ1v) is 11.6. The molecule has 0 bridgehead atoms. The van der Waals surface area contributed by atoms with Crippen molar-refractivity contribution in [2.75, 3.05) is 17.2 Å². The van der Waals surface area contributed by atoms with E-state index in [9.17, 15) is 14.4 Å². The van der Waals surface area contributed by atoms with Crippen molar-refractivity contribution >= 4 is 57.1 Å². The number of rotatable bonds is 7. The Morgan fingerprint density at radius 3 is 2.59 bits per heavy atom. The smallest absolute Gasteiger partial charge is 0.341 e. The van der Waals surface area contributed by atoms with E-state index in [0.29, 0.717) is 26.8 Å². The minimum Gasteiger partial charge on any atom is -0.462 e. The summed E-state index contributed by atoms with van der Waals surface area (Å²) < 4.78 is 6.99. The molecule has 0 fully saturated rings. The van der Waals surface area contributed by atoms with Crippen molar-refractivity contribution in [1.82, 2.24) is 9.38 Å². The third kappa shape index (κ3) is 5.11. The van der Waals surface area contributed by atoms with Crippen LogP contribution in [0, 0.1) is 6.92 Å². The lowest BCUT2D eigenvalue weighted by atomic mass is 10.1. The number of halogens is 1. The van der Waals surface area contributed by atoms with Crippen LogP contribution in [0.15, 0.2) is 54.9 Å². The third-order valence-corrected chi connectivity index (χ3v) is 6.40. The first-order chi connectivity index (χ1) is 16.4. The van der Waals surface area contributed by atoms with E-state index in [1.54, 1.807) is 44.3 Å². The molecule has 0 saturated heterocycles. The van der Waals surface area contributed by atoms with Crippen LogP contribution < -0.4 is 10.6 Å². The number of hydrogen-bond acceptors (Lipinski definition) is 6. The van der Waals surface area contributed by atoms with Crippen LogP contribution in [-0.2, 0) is 16.0 Å². The van der Waals surface area contributed by atoms with Crippen LogP contribution in [0.5, 0.6) is 0 Å². The second kappa shape index (κ2) is 10.1. The average molecular weight is 497 g/mol. The number of benzene rings is 1. The maximum atomic E-state index is 12.9. The van der Waals surface area contributed by atoms with E-state index in [1.807, 2.05) is 28.8 Å². The molecular weight excluding hydrogens is 476 g/mol. The molecule has 0 unspecified atom stereocenters. The lowest BCUT2D eigenvalue weighted by Gasteiger charge is -2.06. The van der Waals surface area contributed by atoms with Gasteiger partial charge in [-0.1, -0.05) is 17.7 Å². The summed E-state index contributed by atoms with van der Waals surface area (Å²) in [5.74, 6) is -1.37. The molecule has 3 heterocycles. The lowest BCUT2D eigenvalue weighted by molar-refractivity contribution is -0.115. The van der Waals surface area contributed by atoms with Crippen molar-refractivity contribution in [3.05, 3.63) is 81.6 Å². The molecule has 2 N–H and O–H groups in total. The van der Waals surface area contributed by atoms with Crippen LogP contribution in [0.25, 0.3) is 5.65 Å². The SMILES string of the molecule is CCOC(=O)c1c(NC(=O)Cc2cn3ccccc3n2)sc(C(=O)Nc2ccc(Cl)cc2)c1C. The predicted molar refractivity (Wildman–Crippen MR) is 132 cm³/mol. The van der Waals surface area contributed by atoms with Crippen molar-refractivity contribution in [3.63, 3.8) is 0 Å². The number of anilines is 2. The Morgan fingerprint density at radius 2 is 1.88 bits per heavy atom. The Labute approximate surface area is 204 Å². The number of nitrogens with one attached hydrogen (secondary N) is 2. The molecule has 4 aromatic rings. The molecule has 0 aliphatic carbocycles. The van der Waals surface area contributed by atoms with Crippen LogP contribution in [0.2, 0.25) is 5.02 Å². The second-order valence-corrected chi connectivity index (χ2v) is 8.82. The molecule has 3 aromatic heterocycles. The number of nitrogens with zero attached hydrogens (tertiary/aromatic N) is 2. The van der Waals surface area contributed by atoms with Gasteiger partial charge in [0.15, 0.2) is 0 Å². The lowest BCUT2D eigenvalue weighted by Crippen LogP contribution is -2.17. The van der Waals surface area contributed by atoms with Gasteiger partial charge in [-0.05, 0) is 55.8 Å². The van der Waals surface area contributed by atoms with E-state index in [4.69, 9.17) is 16.3 Å². The van der Waals surface area contributed by atoms with Crippen LogP contribution in [0.3, 0.4) is 0 Å². The Kier molecular flexibility index (Phi) is 6.95. The molecule has 10 heteroatoms. The summed E-state index contributed by atoms with van der Waals surface area (Å²) in [4.78, 5) is 43.1. The summed E-state index contributed by atoms with van der Waals surface area (Å²) in [6, 6.07) is 12.2. The maximum absolute atomic E-state index is 12.9. The van der Waals surface area contributed by atoms with Gasteiger partial charge in [-0.25, -0.2) is 9.78 Å². The van der Waals surface area contributed by atoms with E-state index >= 15 is 0 Å². The highest BCUT2D eigenvalue weighted by Crippen LogP contribution is 2.34. The number of carbonyl (C=O) groups excluding carboxylic acids is 3. The zero-order chi connectivity index (χ0) is 24.2. The van der Waals surface area contributed by atoms with Gasteiger partial charge in [0, 0.05) is 23.1 Å². The van der Waals surface area contributed by atoms with E-state index in [-0.39, 0.29) is 29.5 Å². The monoisotopic (exact) mass is 496 g/mol. The van der Waals surface area contributed by atoms with Crippen LogP contribution in [0.4, 0.5) is 10.7 Å². The second-order valence-electron chi connectivity index (χ2n) is 7.37. The number of pyridine rings is 1. The van der Waals surface area contributed by atoms with Gasteiger partial charge in [-0.15, -0.1) is 11.3 Å². The van der Waals surface area contributed by atoms with Gasteiger partial charge in [0.05, 0.1) is 29.2 Å².